The Hall–Kier alpha value is -0.160. The maximum absolute atomic E-state index is 9.48. The molecular weight excluding hydrogens is 184 g/mol. The summed E-state index contributed by atoms with van der Waals surface area (Å²) < 4.78 is 5.27. The van der Waals surface area contributed by atoms with Crippen LogP contribution in [0.3, 0.4) is 0 Å². The number of hydrogen-bond donors (Lipinski definition) is 3. The van der Waals surface area contributed by atoms with Gasteiger partial charge in [0, 0.05) is 5.92 Å². The van der Waals surface area contributed by atoms with Gasteiger partial charge >= 0.3 is 0 Å². The monoisotopic (exact) mass is 206 g/mol. The quantitative estimate of drug-likeness (QED) is 0.571. The Labute approximate surface area is 85.5 Å². The lowest BCUT2D eigenvalue weighted by atomic mass is 9.89. The average molecular weight is 206 g/mol. The molecular formula is C10H22O4. The lowest BCUT2D eigenvalue weighted by Crippen LogP contribution is -2.53. The highest BCUT2D eigenvalue weighted by molar-refractivity contribution is 4.87. The predicted molar refractivity (Wildman–Crippen MR) is 53.9 cm³/mol. The van der Waals surface area contributed by atoms with Gasteiger partial charge in [0.25, 0.3) is 0 Å². The largest absolute Gasteiger partial charge is 0.394 e. The summed E-state index contributed by atoms with van der Waals surface area (Å²) in [5.41, 5.74) is 0. The smallest absolute Gasteiger partial charge is 0.106 e. The molecule has 1 heterocycles. The van der Waals surface area contributed by atoms with Crippen LogP contribution >= 0.6 is 0 Å². The number of hydrogen-bond acceptors (Lipinski definition) is 4. The van der Waals surface area contributed by atoms with Crippen LogP contribution in [0.2, 0.25) is 0 Å². The van der Waals surface area contributed by atoms with E-state index in [1.165, 1.54) is 0 Å². The summed E-state index contributed by atoms with van der Waals surface area (Å²) >= 11 is 0. The molecule has 1 saturated heterocycles. The molecule has 0 bridgehead atoms. The molecule has 1 rings (SSSR count). The first kappa shape index (κ1) is 13.8. The Balaban J connectivity index is 0.000000791. The van der Waals surface area contributed by atoms with Crippen molar-refractivity contribution in [3.8, 4) is 0 Å². The zero-order valence-electron chi connectivity index (χ0n) is 9.34. The van der Waals surface area contributed by atoms with Crippen LogP contribution in [0.5, 0.6) is 0 Å². The average Bonchev–Trinajstić information content (AvgIpc) is 2.23. The number of aliphatic hydroxyl groups is 3. The summed E-state index contributed by atoms with van der Waals surface area (Å²) in [7, 11) is 0. The van der Waals surface area contributed by atoms with Crippen molar-refractivity contribution in [1.82, 2.24) is 0 Å². The zero-order valence-corrected chi connectivity index (χ0v) is 9.34. The van der Waals surface area contributed by atoms with E-state index in [0.29, 0.717) is 0 Å². The van der Waals surface area contributed by atoms with E-state index in [2.05, 4.69) is 0 Å². The molecule has 0 saturated carbocycles. The van der Waals surface area contributed by atoms with Crippen molar-refractivity contribution >= 4 is 0 Å². The Morgan fingerprint density at radius 3 is 2.00 bits per heavy atom. The lowest BCUT2D eigenvalue weighted by Gasteiger charge is -2.39. The molecule has 0 radical (unpaired) electrons. The van der Waals surface area contributed by atoms with E-state index in [4.69, 9.17) is 9.84 Å². The van der Waals surface area contributed by atoms with Gasteiger partial charge in [0.15, 0.2) is 0 Å². The first-order valence-corrected chi connectivity index (χ1v) is 5.20. The van der Waals surface area contributed by atoms with E-state index < -0.39 is 18.3 Å². The molecule has 4 heteroatoms. The number of rotatable bonds is 1. The van der Waals surface area contributed by atoms with Crippen LogP contribution in [0.4, 0.5) is 0 Å². The summed E-state index contributed by atoms with van der Waals surface area (Å²) in [4.78, 5) is 0. The molecule has 0 aromatic rings. The third kappa shape index (κ3) is 2.92. The minimum atomic E-state index is -0.845. The van der Waals surface area contributed by atoms with Crippen molar-refractivity contribution in [2.75, 3.05) is 6.61 Å². The maximum atomic E-state index is 9.48. The van der Waals surface area contributed by atoms with E-state index >= 15 is 0 Å². The van der Waals surface area contributed by atoms with Gasteiger partial charge in [-0.2, -0.15) is 0 Å². The van der Waals surface area contributed by atoms with Gasteiger partial charge in [-0.05, 0) is 6.92 Å². The van der Waals surface area contributed by atoms with E-state index in [-0.39, 0.29) is 18.6 Å². The molecule has 0 amide bonds. The second-order valence-electron chi connectivity index (χ2n) is 3.40. The molecule has 0 unspecified atom stereocenters. The van der Waals surface area contributed by atoms with Crippen LogP contribution in [0.1, 0.15) is 27.7 Å². The number of ether oxygens (including phenoxy) is 1. The fourth-order valence-electron chi connectivity index (χ4n) is 1.50. The Morgan fingerprint density at radius 2 is 1.57 bits per heavy atom. The molecule has 5 atom stereocenters. The highest BCUT2D eigenvalue weighted by Gasteiger charge is 2.39. The molecule has 3 N–H and O–H groups in total. The van der Waals surface area contributed by atoms with Crippen LogP contribution in [0.25, 0.3) is 0 Å². The molecule has 1 aliphatic heterocycles. The van der Waals surface area contributed by atoms with Gasteiger partial charge in [-0.1, -0.05) is 20.8 Å². The van der Waals surface area contributed by atoms with Crippen LogP contribution in [-0.4, -0.2) is 46.3 Å². The van der Waals surface area contributed by atoms with Crippen molar-refractivity contribution in [3.63, 3.8) is 0 Å². The van der Waals surface area contributed by atoms with Gasteiger partial charge in [0.2, 0.25) is 0 Å². The van der Waals surface area contributed by atoms with E-state index in [1.54, 1.807) is 13.8 Å². The zero-order chi connectivity index (χ0) is 11.3. The van der Waals surface area contributed by atoms with Gasteiger partial charge in [0.05, 0.1) is 24.9 Å². The minimum Gasteiger partial charge on any atom is -0.394 e. The first-order valence-electron chi connectivity index (χ1n) is 5.20. The molecule has 0 aromatic carbocycles. The molecule has 4 nitrogen and oxygen atoms in total. The van der Waals surface area contributed by atoms with Crippen molar-refractivity contribution in [3.05, 3.63) is 0 Å². The highest BCUT2D eigenvalue weighted by atomic mass is 16.5. The van der Waals surface area contributed by atoms with Crippen molar-refractivity contribution in [2.24, 2.45) is 5.92 Å². The van der Waals surface area contributed by atoms with Crippen molar-refractivity contribution in [2.45, 2.75) is 52.1 Å². The summed E-state index contributed by atoms with van der Waals surface area (Å²) in [5.74, 6) is -0.221. The van der Waals surface area contributed by atoms with Crippen LogP contribution in [-0.2, 0) is 4.74 Å². The summed E-state index contributed by atoms with van der Waals surface area (Å²) in [6.07, 6.45) is -2.42. The lowest BCUT2D eigenvalue weighted by molar-refractivity contribution is -0.198. The SMILES string of the molecule is CC.C[C@@H]1[C@H](O)[C@@H](O)[C@H](C)O[C@@H]1CO. The summed E-state index contributed by atoms with van der Waals surface area (Å²) in [6, 6.07) is 0. The van der Waals surface area contributed by atoms with Crippen molar-refractivity contribution < 1.29 is 20.1 Å². The van der Waals surface area contributed by atoms with E-state index in [0.717, 1.165) is 0 Å². The summed E-state index contributed by atoms with van der Waals surface area (Å²) in [6.45, 7) is 7.32. The van der Waals surface area contributed by atoms with Gasteiger partial charge < -0.3 is 20.1 Å². The van der Waals surface area contributed by atoms with Crippen LogP contribution < -0.4 is 0 Å². The second kappa shape index (κ2) is 6.35. The Kier molecular flexibility index (Phi) is 6.27. The predicted octanol–water partition coefficient (Wildman–Crippen LogP) is 0.150. The Bertz CT molecular complexity index is 146. The molecule has 0 aromatic heterocycles. The topological polar surface area (TPSA) is 69.9 Å². The molecule has 0 spiro atoms. The van der Waals surface area contributed by atoms with E-state index in [9.17, 15) is 10.2 Å². The van der Waals surface area contributed by atoms with Crippen LogP contribution in [0, 0.1) is 5.92 Å². The standard InChI is InChI=1S/C8H16O4.C2H6/c1-4-6(3-9)12-5(2)8(11)7(4)10;1-2/h4-11H,3H2,1-2H3;1-2H3/t4-,5-,6+,7-,8-;/m0./s1. The van der Waals surface area contributed by atoms with Crippen LogP contribution in [0.15, 0.2) is 0 Å². The normalized spacial score (nSPS) is 42.6. The fraction of sp³-hybridized carbons (Fsp3) is 1.00. The highest BCUT2D eigenvalue weighted by Crippen LogP contribution is 2.25. The van der Waals surface area contributed by atoms with Gasteiger partial charge in [-0.3, -0.25) is 0 Å². The molecule has 1 fully saturated rings. The maximum Gasteiger partial charge on any atom is 0.106 e. The molecule has 86 valence electrons. The van der Waals surface area contributed by atoms with Gasteiger partial charge in [0.1, 0.15) is 6.10 Å². The second-order valence-corrected chi connectivity index (χ2v) is 3.40. The third-order valence-electron chi connectivity index (χ3n) is 2.53. The minimum absolute atomic E-state index is 0.116. The van der Waals surface area contributed by atoms with Gasteiger partial charge in [-0.15, -0.1) is 0 Å². The van der Waals surface area contributed by atoms with Gasteiger partial charge in [-0.25, -0.2) is 0 Å². The van der Waals surface area contributed by atoms with Crippen molar-refractivity contribution in [1.29, 1.82) is 0 Å². The molecule has 0 aliphatic carbocycles. The Morgan fingerprint density at radius 1 is 1.07 bits per heavy atom. The van der Waals surface area contributed by atoms with E-state index in [1.807, 2.05) is 13.8 Å². The third-order valence-corrected chi connectivity index (χ3v) is 2.53. The fourth-order valence-corrected chi connectivity index (χ4v) is 1.50. The summed E-state index contributed by atoms with van der Waals surface area (Å²) in [5, 5.41) is 27.7. The molecule has 14 heavy (non-hydrogen) atoms. The number of aliphatic hydroxyl groups excluding tert-OH is 3. The first-order chi connectivity index (χ1) is 6.57. The molecule has 1 aliphatic rings.